The highest BCUT2D eigenvalue weighted by Gasteiger charge is 2.22. The number of benzene rings is 1. The highest BCUT2D eigenvalue weighted by molar-refractivity contribution is 7.90. The normalized spacial score (nSPS) is 11.6. The maximum atomic E-state index is 11.7. The first kappa shape index (κ1) is 17.5. The maximum absolute atomic E-state index is 11.7. The van der Waals surface area contributed by atoms with Crippen LogP contribution in [0.15, 0.2) is 29.4 Å². The zero-order valence-corrected chi connectivity index (χ0v) is 14.8. The van der Waals surface area contributed by atoms with Gasteiger partial charge >= 0.3 is 0 Å². The van der Waals surface area contributed by atoms with Crippen molar-refractivity contribution in [2.75, 3.05) is 13.4 Å². The molecule has 124 valence electrons. The smallest absolute Gasteiger partial charge is 0.251 e. The predicted octanol–water partition coefficient (Wildman–Crippen LogP) is 3.46. The lowest BCUT2D eigenvalue weighted by Crippen LogP contribution is -2.09. The topological polar surface area (TPSA) is 78.4 Å². The lowest BCUT2D eigenvalue weighted by atomic mass is 10.1. The number of rotatable bonds is 5. The zero-order valence-electron chi connectivity index (χ0n) is 13.2. The molecule has 1 aromatic carbocycles. The molecule has 0 aliphatic rings. The molecule has 0 radical (unpaired) electrons. The van der Waals surface area contributed by atoms with Crippen LogP contribution in [-0.4, -0.2) is 31.8 Å². The van der Waals surface area contributed by atoms with E-state index in [0.717, 1.165) is 6.26 Å². The van der Waals surface area contributed by atoms with Gasteiger partial charge in [0.1, 0.15) is 16.7 Å². The largest absolute Gasteiger partial charge is 0.497 e. The molecule has 0 aliphatic heterocycles. The zero-order chi connectivity index (χ0) is 17.2. The van der Waals surface area contributed by atoms with Gasteiger partial charge < -0.3 is 9.47 Å². The molecule has 2 aromatic rings. The molecule has 0 saturated heterocycles. The Morgan fingerprint density at radius 1 is 1.09 bits per heavy atom. The van der Waals surface area contributed by atoms with Crippen LogP contribution in [0.1, 0.15) is 25.3 Å². The third-order valence-electron chi connectivity index (χ3n) is 3.03. The van der Waals surface area contributed by atoms with Gasteiger partial charge in [-0.1, -0.05) is 25.4 Å². The average molecular weight is 357 g/mol. The minimum absolute atomic E-state index is 0.0376. The van der Waals surface area contributed by atoms with Gasteiger partial charge in [0.05, 0.1) is 12.7 Å². The average Bonchev–Trinajstić information content (AvgIpc) is 2.46. The maximum Gasteiger partial charge on any atom is 0.251 e. The van der Waals surface area contributed by atoms with Gasteiger partial charge in [0, 0.05) is 6.26 Å². The van der Waals surface area contributed by atoms with Crippen molar-refractivity contribution in [2.45, 2.75) is 24.9 Å². The molecule has 0 fully saturated rings. The van der Waals surface area contributed by atoms with Crippen LogP contribution in [0, 0.1) is 0 Å². The second-order valence-electron chi connectivity index (χ2n) is 5.22. The van der Waals surface area contributed by atoms with Gasteiger partial charge in [0.15, 0.2) is 0 Å². The minimum Gasteiger partial charge on any atom is -0.497 e. The molecule has 1 aromatic heterocycles. The molecule has 1 heterocycles. The van der Waals surface area contributed by atoms with Crippen LogP contribution >= 0.6 is 11.6 Å². The van der Waals surface area contributed by atoms with E-state index in [1.54, 1.807) is 31.4 Å². The summed E-state index contributed by atoms with van der Waals surface area (Å²) in [5, 5.41) is -0.297. The van der Waals surface area contributed by atoms with Gasteiger partial charge in [-0.15, -0.1) is 0 Å². The summed E-state index contributed by atoms with van der Waals surface area (Å²) in [5.41, 5.74) is 0.551. The Morgan fingerprint density at radius 2 is 1.65 bits per heavy atom. The highest BCUT2D eigenvalue weighted by atomic mass is 35.5. The van der Waals surface area contributed by atoms with Crippen molar-refractivity contribution >= 4 is 21.4 Å². The van der Waals surface area contributed by atoms with E-state index >= 15 is 0 Å². The van der Waals surface area contributed by atoms with E-state index < -0.39 is 9.84 Å². The van der Waals surface area contributed by atoms with Crippen LogP contribution in [0.3, 0.4) is 0 Å². The molecular formula is C15H17ClN2O4S. The first-order valence-electron chi connectivity index (χ1n) is 6.81. The summed E-state index contributed by atoms with van der Waals surface area (Å²) in [6.07, 6.45) is 1.02. The van der Waals surface area contributed by atoms with Crippen molar-refractivity contribution < 1.29 is 17.9 Å². The van der Waals surface area contributed by atoms with Crippen LogP contribution < -0.4 is 9.47 Å². The third kappa shape index (κ3) is 4.11. The second-order valence-corrected chi connectivity index (χ2v) is 7.49. The summed E-state index contributed by atoms with van der Waals surface area (Å²) < 4.78 is 34.2. The van der Waals surface area contributed by atoms with Gasteiger partial charge in [0.2, 0.25) is 15.7 Å². The van der Waals surface area contributed by atoms with E-state index in [4.69, 9.17) is 21.1 Å². The number of halogens is 1. The molecule has 0 spiro atoms. The highest BCUT2D eigenvalue weighted by Crippen LogP contribution is 2.34. The minimum atomic E-state index is -3.60. The van der Waals surface area contributed by atoms with Gasteiger partial charge in [-0.3, -0.25) is 0 Å². The van der Waals surface area contributed by atoms with Crippen LogP contribution in [-0.2, 0) is 9.84 Å². The molecule has 0 bridgehead atoms. The van der Waals surface area contributed by atoms with Gasteiger partial charge in [-0.25, -0.2) is 13.4 Å². The van der Waals surface area contributed by atoms with Crippen molar-refractivity contribution in [1.29, 1.82) is 0 Å². The molecule has 6 nitrogen and oxygen atoms in total. The lowest BCUT2D eigenvalue weighted by molar-refractivity contribution is 0.411. The van der Waals surface area contributed by atoms with Crippen molar-refractivity contribution in [3.8, 4) is 17.4 Å². The molecule has 0 saturated carbocycles. The summed E-state index contributed by atoms with van der Waals surface area (Å²) in [4.78, 5) is 7.89. The van der Waals surface area contributed by atoms with Crippen molar-refractivity contribution in [1.82, 2.24) is 9.97 Å². The summed E-state index contributed by atoms with van der Waals surface area (Å²) in [5.74, 6) is 1.26. The molecule has 2 rings (SSSR count). The number of aromatic nitrogens is 2. The van der Waals surface area contributed by atoms with Gasteiger partial charge in [-0.2, -0.15) is 4.98 Å². The number of ether oxygens (including phenoxy) is 2. The van der Waals surface area contributed by atoms with E-state index in [1.807, 2.05) is 13.8 Å². The molecule has 0 N–H and O–H groups in total. The van der Waals surface area contributed by atoms with Crippen LogP contribution in [0.2, 0.25) is 5.15 Å². The van der Waals surface area contributed by atoms with E-state index in [9.17, 15) is 8.42 Å². The summed E-state index contributed by atoms with van der Waals surface area (Å²) in [7, 11) is -2.04. The van der Waals surface area contributed by atoms with Crippen LogP contribution in [0.25, 0.3) is 0 Å². The number of hydrogen-bond donors (Lipinski definition) is 0. The lowest BCUT2D eigenvalue weighted by Gasteiger charge is -2.15. The molecular weight excluding hydrogens is 340 g/mol. The Balaban J connectivity index is 2.51. The van der Waals surface area contributed by atoms with E-state index in [1.165, 1.54) is 0 Å². The summed E-state index contributed by atoms with van der Waals surface area (Å²) in [6.45, 7) is 3.79. The summed E-state index contributed by atoms with van der Waals surface area (Å²) in [6, 6.07) is 6.84. The Hall–Kier alpha value is -1.86. The Labute approximate surface area is 140 Å². The number of methoxy groups -OCH3 is 1. The molecule has 0 aliphatic carbocycles. The van der Waals surface area contributed by atoms with Crippen LogP contribution in [0.4, 0.5) is 0 Å². The third-order valence-corrected chi connectivity index (χ3v) is 4.16. The fourth-order valence-electron chi connectivity index (χ4n) is 1.89. The Kier molecular flexibility index (Phi) is 5.11. The monoisotopic (exact) mass is 356 g/mol. The van der Waals surface area contributed by atoms with Crippen molar-refractivity contribution in [3.63, 3.8) is 0 Å². The van der Waals surface area contributed by atoms with Crippen molar-refractivity contribution in [3.05, 3.63) is 35.0 Å². The number of nitrogens with zero attached hydrogens (tertiary/aromatic N) is 2. The van der Waals surface area contributed by atoms with E-state index in [2.05, 4.69) is 9.97 Å². The number of hydrogen-bond acceptors (Lipinski definition) is 6. The van der Waals surface area contributed by atoms with Gasteiger partial charge in [0.25, 0.3) is 5.16 Å². The molecule has 8 heteroatoms. The predicted molar refractivity (Wildman–Crippen MR) is 87.3 cm³/mol. The Morgan fingerprint density at radius 3 is 2.13 bits per heavy atom. The fourth-order valence-corrected chi connectivity index (χ4v) is 2.82. The summed E-state index contributed by atoms with van der Waals surface area (Å²) >= 11 is 6.13. The second kappa shape index (κ2) is 6.72. The molecule has 0 amide bonds. The molecule has 0 unspecified atom stereocenters. The SMILES string of the molecule is COc1ccc(Oc2nc(S(C)(=O)=O)nc(Cl)c2C(C)C)cc1. The van der Waals surface area contributed by atoms with Crippen LogP contribution in [0.5, 0.6) is 17.4 Å². The van der Waals surface area contributed by atoms with E-state index in [-0.39, 0.29) is 22.1 Å². The first-order chi connectivity index (χ1) is 10.7. The van der Waals surface area contributed by atoms with E-state index in [0.29, 0.717) is 17.1 Å². The quantitative estimate of drug-likeness (QED) is 0.603. The fraction of sp³-hybridized carbons (Fsp3) is 0.333. The van der Waals surface area contributed by atoms with Crippen molar-refractivity contribution in [2.24, 2.45) is 0 Å². The number of sulfone groups is 1. The molecule has 0 atom stereocenters. The standard InChI is InChI=1S/C15H17ClN2O4S/c1-9(2)12-13(16)17-15(23(4,19)20)18-14(12)22-11-7-5-10(21-3)6-8-11/h5-9H,1-4H3. The van der Waals surface area contributed by atoms with Gasteiger partial charge in [-0.05, 0) is 30.2 Å². The molecule has 23 heavy (non-hydrogen) atoms. The first-order valence-corrected chi connectivity index (χ1v) is 9.08. The Bertz CT molecular complexity index is 805.